The molecular formula is C52H35BN4O2. The normalized spacial score (nSPS) is 13.7. The molecule has 0 spiro atoms. The maximum atomic E-state index is 7.10. The maximum absolute atomic E-state index is 7.10. The van der Waals surface area contributed by atoms with Crippen LogP contribution < -0.4 is 22.1 Å². The number of benzene rings is 8. The quantitative estimate of drug-likeness (QED) is 0.108. The molecule has 0 amide bonds. The fraction of sp³-hybridized carbons (Fsp3) is 0.0385. The van der Waals surface area contributed by atoms with E-state index in [1.165, 1.54) is 27.5 Å². The van der Waals surface area contributed by atoms with Crippen LogP contribution >= 0.6 is 0 Å². The zero-order valence-electron chi connectivity index (χ0n) is 32.1. The van der Waals surface area contributed by atoms with Gasteiger partial charge in [-0.05, 0) is 66.1 Å². The molecule has 7 heteroatoms. The standard InChI is InChI=1S/C52H35BN4O2/c1-31(33-19-12-20-39-49-43(23-13-27-48(49)59-50(33)39)53-41-21-7-2-14-34(41)35-15-3-8-22-42(35)53)55-51(32-28-29-47-40(30-32)38-18-6-11-26-46(38)58-47)56-52(54)57-44-24-9-4-16-36(44)37-17-5-10-25-45(37)57/h2-30,51H,1H3,(H2,54,56). The van der Waals surface area contributed by atoms with Crippen LogP contribution in [0.15, 0.2) is 195 Å². The van der Waals surface area contributed by atoms with Gasteiger partial charge in [0.2, 0.25) is 12.7 Å². The summed E-state index contributed by atoms with van der Waals surface area (Å²) in [5.41, 5.74) is 21.4. The lowest BCUT2D eigenvalue weighted by molar-refractivity contribution is 0.668. The van der Waals surface area contributed by atoms with Gasteiger partial charge in [-0.3, -0.25) is 9.56 Å². The first-order chi connectivity index (χ1) is 29.1. The minimum Gasteiger partial charge on any atom is -0.456 e. The fourth-order valence-corrected chi connectivity index (χ4v) is 9.58. The van der Waals surface area contributed by atoms with Crippen molar-refractivity contribution in [2.24, 2.45) is 15.7 Å². The summed E-state index contributed by atoms with van der Waals surface area (Å²) in [5.74, 6) is 0.352. The van der Waals surface area contributed by atoms with E-state index in [-0.39, 0.29) is 6.71 Å². The molecule has 1 atom stereocenters. The van der Waals surface area contributed by atoms with Crippen LogP contribution in [0.25, 0.3) is 76.8 Å². The Morgan fingerprint density at radius 2 is 1.10 bits per heavy atom. The lowest BCUT2D eigenvalue weighted by atomic mass is 9.38. The smallest absolute Gasteiger partial charge is 0.243 e. The summed E-state index contributed by atoms with van der Waals surface area (Å²) in [6.07, 6.45) is -0.685. The maximum Gasteiger partial charge on any atom is 0.243 e. The van der Waals surface area contributed by atoms with E-state index in [2.05, 4.69) is 133 Å². The molecule has 12 rings (SSSR count). The lowest BCUT2D eigenvalue weighted by Gasteiger charge is -2.14. The van der Waals surface area contributed by atoms with E-state index in [9.17, 15) is 0 Å². The highest BCUT2D eigenvalue weighted by Crippen LogP contribution is 2.36. The topological polar surface area (TPSA) is 82.0 Å². The van der Waals surface area contributed by atoms with Crippen LogP contribution in [0.5, 0.6) is 0 Å². The number of para-hydroxylation sites is 4. The number of fused-ring (bicyclic) bond motifs is 12. The Kier molecular flexibility index (Phi) is 7.35. The average molecular weight is 759 g/mol. The Morgan fingerprint density at radius 1 is 0.525 bits per heavy atom. The van der Waals surface area contributed by atoms with Gasteiger partial charge in [0, 0.05) is 43.6 Å². The molecule has 0 fully saturated rings. The van der Waals surface area contributed by atoms with Crippen LogP contribution in [0.4, 0.5) is 0 Å². The van der Waals surface area contributed by atoms with Crippen LogP contribution in [0.2, 0.25) is 0 Å². The Hall–Kier alpha value is -7.64. The number of nitrogens with zero attached hydrogens (tertiary/aromatic N) is 3. The first-order valence-corrected chi connectivity index (χ1v) is 20.0. The molecule has 11 aromatic rings. The second-order valence-electron chi connectivity index (χ2n) is 15.4. The first-order valence-electron chi connectivity index (χ1n) is 20.0. The Bertz CT molecular complexity index is 3470. The second-order valence-corrected chi connectivity index (χ2v) is 15.4. The number of aromatic nitrogens is 1. The zero-order chi connectivity index (χ0) is 39.2. The molecule has 1 aliphatic heterocycles. The number of hydrogen-bond acceptors (Lipinski definition) is 4. The van der Waals surface area contributed by atoms with Gasteiger partial charge in [-0.1, -0.05) is 150 Å². The van der Waals surface area contributed by atoms with Gasteiger partial charge in [0.25, 0.3) is 0 Å². The van der Waals surface area contributed by atoms with Crippen LogP contribution in [-0.4, -0.2) is 23.0 Å². The van der Waals surface area contributed by atoms with Crippen molar-refractivity contribution < 1.29 is 8.83 Å². The fourth-order valence-electron chi connectivity index (χ4n) is 9.58. The molecule has 1 unspecified atom stereocenters. The van der Waals surface area contributed by atoms with Gasteiger partial charge in [-0.25, -0.2) is 4.99 Å². The molecule has 278 valence electrons. The van der Waals surface area contributed by atoms with Crippen LogP contribution in [0.3, 0.4) is 0 Å². The van der Waals surface area contributed by atoms with E-state index in [1.807, 2.05) is 54.0 Å². The van der Waals surface area contributed by atoms with Crippen molar-refractivity contribution in [3.05, 3.63) is 187 Å². The minimum atomic E-state index is -0.685. The van der Waals surface area contributed by atoms with Gasteiger partial charge in [-0.2, -0.15) is 0 Å². The number of furan rings is 2. The van der Waals surface area contributed by atoms with E-state index in [1.54, 1.807) is 0 Å². The molecule has 59 heavy (non-hydrogen) atoms. The summed E-state index contributed by atoms with van der Waals surface area (Å²) in [6.45, 7) is 2.12. The Morgan fingerprint density at radius 3 is 1.85 bits per heavy atom. The molecule has 0 saturated heterocycles. The molecule has 6 nitrogen and oxygen atoms in total. The number of aliphatic imine (C=N–C) groups is 2. The van der Waals surface area contributed by atoms with Crippen molar-refractivity contribution in [1.82, 2.24) is 4.57 Å². The molecular weight excluding hydrogens is 723 g/mol. The number of nitrogens with two attached hydrogens (primary N) is 1. The summed E-state index contributed by atoms with van der Waals surface area (Å²) in [6, 6.07) is 61.3. The highest BCUT2D eigenvalue weighted by atomic mass is 16.3. The van der Waals surface area contributed by atoms with Crippen molar-refractivity contribution >= 4 is 100 Å². The second kappa shape index (κ2) is 12.9. The highest BCUT2D eigenvalue weighted by molar-refractivity contribution is 7.00. The van der Waals surface area contributed by atoms with Gasteiger partial charge in [-0.15, -0.1) is 0 Å². The third-order valence-corrected chi connectivity index (χ3v) is 12.2. The third kappa shape index (κ3) is 5.07. The van der Waals surface area contributed by atoms with E-state index >= 15 is 0 Å². The molecule has 4 heterocycles. The molecule has 0 saturated carbocycles. The van der Waals surface area contributed by atoms with E-state index < -0.39 is 6.17 Å². The predicted octanol–water partition coefficient (Wildman–Crippen LogP) is 10.5. The summed E-state index contributed by atoms with van der Waals surface area (Å²) in [4.78, 5) is 10.7. The average Bonchev–Trinajstić information content (AvgIpc) is 4.03. The molecule has 0 radical (unpaired) electrons. The summed E-state index contributed by atoms with van der Waals surface area (Å²) >= 11 is 0. The van der Waals surface area contributed by atoms with Crippen molar-refractivity contribution in [3.8, 4) is 11.1 Å². The summed E-state index contributed by atoms with van der Waals surface area (Å²) < 4.78 is 15.1. The van der Waals surface area contributed by atoms with Crippen LogP contribution in [0.1, 0.15) is 24.2 Å². The molecule has 0 aliphatic carbocycles. The van der Waals surface area contributed by atoms with Gasteiger partial charge >= 0.3 is 0 Å². The highest BCUT2D eigenvalue weighted by Gasteiger charge is 2.35. The van der Waals surface area contributed by atoms with Crippen molar-refractivity contribution in [3.63, 3.8) is 0 Å². The number of rotatable bonds is 5. The predicted molar refractivity (Wildman–Crippen MR) is 245 cm³/mol. The Balaban J connectivity index is 1.04. The lowest BCUT2D eigenvalue weighted by Crippen LogP contribution is -2.49. The third-order valence-electron chi connectivity index (χ3n) is 12.2. The van der Waals surface area contributed by atoms with Crippen molar-refractivity contribution in [1.29, 1.82) is 0 Å². The van der Waals surface area contributed by atoms with Gasteiger partial charge in [0.05, 0.1) is 11.0 Å². The van der Waals surface area contributed by atoms with E-state index in [4.69, 9.17) is 24.6 Å². The molecule has 1 aliphatic rings. The van der Waals surface area contributed by atoms with Crippen LogP contribution in [-0.2, 0) is 0 Å². The van der Waals surface area contributed by atoms with Gasteiger partial charge in [0.1, 0.15) is 22.3 Å². The van der Waals surface area contributed by atoms with Crippen molar-refractivity contribution in [2.75, 3.05) is 0 Å². The van der Waals surface area contributed by atoms with E-state index in [0.29, 0.717) is 5.96 Å². The van der Waals surface area contributed by atoms with Crippen molar-refractivity contribution in [2.45, 2.75) is 13.1 Å². The largest absolute Gasteiger partial charge is 0.456 e. The molecule has 3 aromatic heterocycles. The Labute approximate surface area is 339 Å². The number of hydrogen-bond donors (Lipinski definition) is 1. The summed E-state index contributed by atoms with van der Waals surface area (Å²) in [5, 5.41) is 6.45. The molecule has 0 bridgehead atoms. The van der Waals surface area contributed by atoms with Crippen LogP contribution in [0, 0.1) is 0 Å². The van der Waals surface area contributed by atoms with Gasteiger partial charge in [0.15, 0.2) is 6.17 Å². The summed E-state index contributed by atoms with van der Waals surface area (Å²) in [7, 11) is 0. The molecule has 8 aromatic carbocycles. The van der Waals surface area contributed by atoms with Gasteiger partial charge < -0.3 is 14.6 Å². The first kappa shape index (κ1) is 33.5. The SMILES string of the molecule is CC(=NC(N=C(N)n1c2ccccc2c2ccccc21)c1ccc2oc3ccccc3c2c1)c1cccc2c1oc1cccc(B3c4ccccc4-c4ccccc43)c12. The zero-order valence-corrected chi connectivity index (χ0v) is 32.1. The monoisotopic (exact) mass is 758 g/mol. The molecule has 2 N–H and O–H groups in total. The minimum absolute atomic E-state index is 0.0850. The van der Waals surface area contributed by atoms with E-state index in [0.717, 1.165) is 82.5 Å².